The highest BCUT2D eigenvalue weighted by atomic mass is 79.9. The van der Waals surface area contributed by atoms with Gasteiger partial charge in [-0.15, -0.1) is 0 Å². The molecule has 2 bridgehead atoms. The topological polar surface area (TPSA) is 69.5 Å². The number of nitriles is 1. The molecule has 27 heavy (non-hydrogen) atoms. The zero-order valence-corrected chi connectivity index (χ0v) is 17.2. The van der Waals surface area contributed by atoms with E-state index in [-0.39, 0.29) is 11.9 Å². The molecule has 1 aromatic rings. The number of amides is 1. The van der Waals surface area contributed by atoms with E-state index in [0.29, 0.717) is 24.9 Å². The van der Waals surface area contributed by atoms with Crippen LogP contribution in [0.15, 0.2) is 16.7 Å². The van der Waals surface area contributed by atoms with Gasteiger partial charge in [0.25, 0.3) is 0 Å². The molecule has 3 fully saturated rings. The van der Waals surface area contributed by atoms with Gasteiger partial charge in [0.05, 0.1) is 36.1 Å². The lowest BCUT2D eigenvalue weighted by atomic mass is 9.70. The predicted octanol–water partition coefficient (Wildman–Crippen LogP) is 2.76. The second-order valence-corrected chi connectivity index (χ2v) is 9.77. The minimum atomic E-state index is -0.626. The normalized spacial score (nSPS) is 37.0. The molecule has 4 aliphatic rings. The van der Waals surface area contributed by atoms with Crippen molar-refractivity contribution in [3.05, 3.63) is 22.4 Å². The predicted molar refractivity (Wildman–Crippen MR) is 103 cm³/mol. The third-order valence-electron chi connectivity index (χ3n) is 6.89. The minimum absolute atomic E-state index is 0.0519. The third kappa shape index (κ3) is 2.30. The second kappa shape index (κ2) is 5.76. The summed E-state index contributed by atoms with van der Waals surface area (Å²) in [6, 6.07) is 5.35. The van der Waals surface area contributed by atoms with Gasteiger partial charge in [0.1, 0.15) is 5.54 Å². The Balaban J connectivity index is 1.45. The van der Waals surface area contributed by atoms with Crippen molar-refractivity contribution in [3.8, 4) is 6.07 Å². The fraction of sp³-hybridized carbons (Fsp3) is 0.650. The van der Waals surface area contributed by atoms with Gasteiger partial charge in [0.2, 0.25) is 5.91 Å². The monoisotopic (exact) mass is 430 g/mol. The number of nitrogens with zero attached hydrogens (tertiary/aromatic N) is 4. The van der Waals surface area contributed by atoms with Crippen molar-refractivity contribution in [1.29, 1.82) is 5.26 Å². The van der Waals surface area contributed by atoms with Gasteiger partial charge in [-0.3, -0.25) is 14.7 Å². The molecule has 1 aliphatic carbocycles. The molecule has 1 amide bonds. The standard InChI is InChI=1S/C20H23BrN4O2/c1-19(2)17-16(5-12(21)8-23-17)24(18(19)26)15-6-20(7-15,11-22)25-13-3-4-14(25)10-27-9-13/h5,8,13-15H,3-4,6-7,9-10H2,1-2H3. The van der Waals surface area contributed by atoms with E-state index >= 15 is 0 Å². The number of fused-ring (bicyclic) bond motifs is 3. The lowest BCUT2D eigenvalue weighted by Crippen LogP contribution is -2.68. The number of morpholine rings is 1. The Kier molecular flexibility index (Phi) is 3.75. The molecule has 1 aromatic heterocycles. The summed E-state index contributed by atoms with van der Waals surface area (Å²) in [4.78, 5) is 22.1. The van der Waals surface area contributed by atoms with Crippen molar-refractivity contribution in [3.63, 3.8) is 0 Å². The van der Waals surface area contributed by atoms with Crippen molar-refractivity contribution in [2.45, 2.75) is 68.6 Å². The number of rotatable bonds is 2. The zero-order chi connectivity index (χ0) is 19.0. The molecule has 2 atom stereocenters. The third-order valence-corrected chi connectivity index (χ3v) is 7.33. The number of aromatic nitrogens is 1. The van der Waals surface area contributed by atoms with E-state index in [1.165, 1.54) is 0 Å². The Bertz CT molecular complexity index is 842. The fourth-order valence-corrected chi connectivity index (χ4v) is 5.88. The molecule has 5 rings (SSSR count). The van der Waals surface area contributed by atoms with Crippen molar-refractivity contribution in [2.75, 3.05) is 18.1 Å². The lowest BCUT2D eigenvalue weighted by molar-refractivity contribution is -0.124. The summed E-state index contributed by atoms with van der Waals surface area (Å²) in [5, 5.41) is 10.1. The Morgan fingerprint density at radius 3 is 2.56 bits per heavy atom. The van der Waals surface area contributed by atoms with Crippen LogP contribution in [-0.4, -0.2) is 52.7 Å². The first-order chi connectivity index (χ1) is 12.9. The molecular weight excluding hydrogens is 408 g/mol. The van der Waals surface area contributed by atoms with Gasteiger partial charge in [-0.05, 0) is 48.7 Å². The van der Waals surface area contributed by atoms with Gasteiger partial charge in [0.15, 0.2) is 0 Å². The van der Waals surface area contributed by atoms with E-state index in [1.54, 1.807) is 6.20 Å². The maximum Gasteiger partial charge on any atom is 0.239 e. The van der Waals surface area contributed by atoms with E-state index in [9.17, 15) is 10.1 Å². The molecule has 0 N–H and O–H groups in total. The van der Waals surface area contributed by atoms with Crippen LogP contribution in [0.4, 0.5) is 5.69 Å². The molecular formula is C20H23BrN4O2. The van der Waals surface area contributed by atoms with Gasteiger partial charge in [-0.2, -0.15) is 5.26 Å². The van der Waals surface area contributed by atoms with Crippen molar-refractivity contribution >= 4 is 27.5 Å². The van der Waals surface area contributed by atoms with E-state index in [1.807, 2.05) is 24.8 Å². The number of hydrogen-bond donors (Lipinski definition) is 0. The molecule has 2 unspecified atom stereocenters. The average molecular weight is 431 g/mol. The molecule has 6 nitrogen and oxygen atoms in total. The molecule has 3 aliphatic heterocycles. The van der Waals surface area contributed by atoms with Crippen LogP contribution in [0.25, 0.3) is 0 Å². The van der Waals surface area contributed by atoms with Crippen molar-refractivity contribution in [2.24, 2.45) is 0 Å². The number of anilines is 1. The van der Waals surface area contributed by atoms with Crippen LogP contribution in [0.3, 0.4) is 0 Å². The fourth-order valence-electron chi connectivity index (χ4n) is 5.56. The summed E-state index contributed by atoms with van der Waals surface area (Å²) in [5.41, 5.74) is 0.628. The molecule has 1 saturated carbocycles. The van der Waals surface area contributed by atoms with Crippen molar-refractivity contribution < 1.29 is 9.53 Å². The van der Waals surface area contributed by atoms with E-state index in [4.69, 9.17) is 4.74 Å². The number of ether oxygens (including phenoxy) is 1. The van der Waals surface area contributed by atoms with Gasteiger partial charge in [-0.25, -0.2) is 0 Å². The number of pyridine rings is 1. The largest absolute Gasteiger partial charge is 0.378 e. The highest BCUT2D eigenvalue weighted by molar-refractivity contribution is 9.10. The first kappa shape index (κ1) is 17.6. The summed E-state index contributed by atoms with van der Waals surface area (Å²) >= 11 is 3.49. The van der Waals surface area contributed by atoms with E-state index < -0.39 is 11.0 Å². The molecule has 7 heteroatoms. The number of halogens is 1. The number of carbonyl (C=O) groups excluding carboxylic acids is 1. The molecule has 0 spiro atoms. The van der Waals surface area contributed by atoms with Gasteiger partial charge in [-0.1, -0.05) is 0 Å². The Hall–Kier alpha value is -1.49. The first-order valence-electron chi connectivity index (χ1n) is 9.64. The van der Waals surface area contributed by atoms with Crippen LogP contribution in [0.5, 0.6) is 0 Å². The Labute approximate surface area is 167 Å². The molecule has 142 valence electrons. The van der Waals surface area contributed by atoms with Crippen LogP contribution in [0, 0.1) is 11.3 Å². The maximum atomic E-state index is 13.2. The molecule has 2 saturated heterocycles. The minimum Gasteiger partial charge on any atom is -0.378 e. The number of carbonyl (C=O) groups is 1. The van der Waals surface area contributed by atoms with Crippen LogP contribution in [-0.2, 0) is 14.9 Å². The van der Waals surface area contributed by atoms with Gasteiger partial charge >= 0.3 is 0 Å². The number of hydrogen-bond acceptors (Lipinski definition) is 5. The van der Waals surface area contributed by atoms with Crippen LogP contribution < -0.4 is 4.90 Å². The highest BCUT2D eigenvalue weighted by Crippen LogP contribution is 2.51. The zero-order valence-electron chi connectivity index (χ0n) is 15.6. The van der Waals surface area contributed by atoms with Crippen LogP contribution >= 0.6 is 15.9 Å². The lowest BCUT2D eigenvalue weighted by Gasteiger charge is -2.55. The van der Waals surface area contributed by atoms with Crippen LogP contribution in [0.1, 0.15) is 45.2 Å². The first-order valence-corrected chi connectivity index (χ1v) is 10.4. The summed E-state index contributed by atoms with van der Waals surface area (Å²) in [5.74, 6) is 0.0876. The summed E-state index contributed by atoms with van der Waals surface area (Å²) in [7, 11) is 0. The molecule has 0 radical (unpaired) electrons. The average Bonchev–Trinajstić information content (AvgIpc) is 2.96. The van der Waals surface area contributed by atoms with Gasteiger partial charge in [0, 0.05) is 41.6 Å². The Morgan fingerprint density at radius 1 is 1.26 bits per heavy atom. The van der Waals surface area contributed by atoms with E-state index in [0.717, 1.165) is 41.9 Å². The van der Waals surface area contributed by atoms with Crippen LogP contribution in [0.2, 0.25) is 0 Å². The summed E-state index contributed by atoms with van der Waals surface area (Å²) < 4.78 is 6.57. The Morgan fingerprint density at radius 2 is 1.93 bits per heavy atom. The second-order valence-electron chi connectivity index (χ2n) is 8.86. The van der Waals surface area contributed by atoms with Crippen molar-refractivity contribution in [1.82, 2.24) is 9.88 Å². The smallest absolute Gasteiger partial charge is 0.239 e. The van der Waals surface area contributed by atoms with Gasteiger partial charge < -0.3 is 9.64 Å². The molecule has 0 aromatic carbocycles. The highest BCUT2D eigenvalue weighted by Gasteiger charge is 2.60. The maximum absolute atomic E-state index is 13.2. The van der Waals surface area contributed by atoms with E-state index in [2.05, 4.69) is 31.9 Å². The molecule has 4 heterocycles. The SMILES string of the molecule is CC1(C)C(=O)N(C2CC(C#N)(N3C4CCC3COC4)C2)c2cc(Br)cnc21. The summed E-state index contributed by atoms with van der Waals surface area (Å²) in [6.07, 6.45) is 5.36. The quantitative estimate of drug-likeness (QED) is 0.721. The summed E-state index contributed by atoms with van der Waals surface area (Å²) in [6.45, 7) is 5.32.